The summed E-state index contributed by atoms with van der Waals surface area (Å²) in [5.74, 6) is -0.162. The first-order valence-corrected chi connectivity index (χ1v) is 8.03. The van der Waals surface area contributed by atoms with Gasteiger partial charge in [-0.1, -0.05) is 29.3 Å². The van der Waals surface area contributed by atoms with E-state index in [1.165, 1.54) is 22.9 Å². The molecule has 0 amide bonds. The molecule has 1 atom stereocenters. The largest absolute Gasteiger partial charge is 0.474 e. The number of ether oxygens (including phenoxy) is 1. The molecule has 3 aromatic rings. The number of benzene rings is 1. The third-order valence-electron chi connectivity index (χ3n) is 3.40. The SMILES string of the molecule is Cc1ccn(-c2cc(Cl)ccc2C(Oc2cnnc(Cl)c2)C(F)(F)F)n1. The molecule has 2 aromatic heterocycles. The number of nitrogens with zero attached hydrogens (tertiary/aromatic N) is 4. The van der Waals surface area contributed by atoms with Gasteiger partial charge in [-0.25, -0.2) is 4.68 Å². The highest BCUT2D eigenvalue weighted by molar-refractivity contribution is 6.30. The van der Waals surface area contributed by atoms with Gasteiger partial charge in [0.2, 0.25) is 6.10 Å². The Morgan fingerprint density at radius 1 is 1.15 bits per heavy atom. The van der Waals surface area contributed by atoms with Crippen molar-refractivity contribution in [2.24, 2.45) is 0 Å². The third-order valence-corrected chi connectivity index (χ3v) is 3.81. The Balaban J connectivity index is 2.10. The molecule has 0 aliphatic rings. The molecule has 3 rings (SSSR count). The van der Waals surface area contributed by atoms with Crippen molar-refractivity contribution in [1.82, 2.24) is 20.0 Å². The molecule has 0 N–H and O–H groups in total. The van der Waals surface area contributed by atoms with Gasteiger partial charge in [0, 0.05) is 22.8 Å². The van der Waals surface area contributed by atoms with Crippen molar-refractivity contribution in [1.29, 1.82) is 0 Å². The zero-order chi connectivity index (χ0) is 18.9. The molecule has 136 valence electrons. The van der Waals surface area contributed by atoms with E-state index in [0.717, 1.165) is 12.3 Å². The molecule has 0 saturated heterocycles. The molecular formula is C16H11Cl2F3N4O. The minimum atomic E-state index is -4.71. The van der Waals surface area contributed by atoms with Crippen LogP contribution in [0.4, 0.5) is 13.2 Å². The van der Waals surface area contributed by atoms with Gasteiger partial charge in [0.1, 0.15) is 5.75 Å². The number of alkyl halides is 3. The fourth-order valence-corrected chi connectivity index (χ4v) is 2.64. The second-order valence-electron chi connectivity index (χ2n) is 5.36. The van der Waals surface area contributed by atoms with Crippen molar-refractivity contribution in [2.45, 2.75) is 19.2 Å². The summed E-state index contributed by atoms with van der Waals surface area (Å²) in [4.78, 5) is 0. The number of aromatic nitrogens is 4. The van der Waals surface area contributed by atoms with E-state index in [4.69, 9.17) is 27.9 Å². The van der Waals surface area contributed by atoms with Crippen molar-refractivity contribution in [3.8, 4) is 11.4 Å². The molecule has 0 radical (unpaired) electrons. The topological polar surface area (TPSA) is 52.8 Å². The van der Waals surface area contributed by atoms with E-state index in [1.807, 2.05) is 0 Å². The van der Waals surface area contributed by atoms with Crippen LogP contribution in [0.2, 0.25) is 10.2 Å². The quantitative estimate of drug-likeness (QED) is 0.618. The summed E-state index contributed by atoms with van der Waals surface area (Å²) in [6.07, 6.45) is -4.39. The lowest BCUT2D eigenvalue weighted by molar-refractivity contribution is -0.198. The maximum Gasteiger partial charge on any atom is 0.429 e. The summed E-state index contributed by atoms with van der Waals surface area (Å²) in [7, 11) is 0. The maximum absolute atomic E-state index is 13.7. The molecule has 1 aromatic carbocycles. The van der Waals surface area contributed by atoms with E-state index < -0.39 is 12.3 Å². The van der Waals surface area contributed by atoms with Gasteiger partial charge in [0.05, 0.1) is 17.6 Å². The molecule has 0 aliphatic heterocycles. The fourth-order valence-electron chi connectivity index (χ4n) is 2.32. The minimum Gasteiger partial charge on any atom is -0.474 e. The van der Waals surface area contributed by atoms with Gasteiger partial charge in [-0.2, -0.15) is 23.4 Å². The summed E-state index contributed by atoms with van der Waals surface area (Å²) in [6.45, 7) is 1.73. The first-order valence-electron chi connectivity index (χ1n) is 7.28. The molecule has 1 unspecified atom stereocenters. The van der Waals surface area contributed by atoms with Gasteiger partial charge in [-0.15, -0.1) is 5.10 Å². The number of hydrogen-bond donors (Lipinski definition) is 0. The van der Waals surface area contributed by atoms with E-state index in [1.54, 1.807) is 19.2 Å². The van der Waals surface area contributed by atoms with Crippen LogP contribution in [0.5, 0.6) is 5.75 Å². The van der Waals surface area contributed by atoms with Gasteiger partial charge in [-0.05, 0) is 25.1 Å². The van der Waals surface area contributed by atoms with Crippen molar-refractivity contribution in [2.75, 3.05) is 0 Å². The van der Waals surface area contributed by atoms with Gasteiger partial charge >= 0.3 is 6.18 Å². The monoisotopic (exact) mass is 402 g/mol. The normalized spacial score (nSPS) is 12.8. The van der Waals surface area contributed by atoms with Crippen molar-refractivity contribution >= 4 is 23.2 Å². The lowest BCUT2D eigenvalue weighted by Crippen LogP contribution is -2.27. The molecular weight excluding hydrogens is 392 g/mol. The Labute approximate surface area is 156 Å². The average Bonchev–Trinajstić information content (AvgIpc) is 2.98. The van der Waals surface area contributed by atoms with E-state index in [-0.39, 0.29) is 27.2 Å². The molecule has 0 bridgehead atoms. The highest BCUT2D eigenvalue weighted by Gasteiger charge is 2.44. The highest BCUT2D eigenvalue weighted by atomic mass is 35.5. The van der Waals surface area contributed by atoms with Gasteiger partial charge < -0.3 is 4.74 Å². The Kier molecular flexibility index (Phi) is 5.06. The summed E-state index contributed by atoms with van der Waals surface area (Å²) in [5.41, 5.74) is 0.643. The predicted molar refractivity (Wildman–Crippen MR) is 89.8 cm³/mol. The summed E-state index contributed by atoms with van der Waals surface area (Å²) >= 11 is 11.6. The predicted octanol–water partition coefficient (Wildman–Crippen LogP) is 4.96. The van der Waals surface area contributed by atoms with Gasteiger partial charge in [0.15, 0.2) is 5.15 Å². The van der Waals surface area contributed by atoms with Crippen LogP contribution < -0.4 is 4.74 Å². The van der Waals surface area contributed by atoms with E-state index >= 15 is 0 Å². The minimum absolute atomic E-state index is 0.0811. The molecule has 5 nitrogen and oxygen atoms in total. The van der Waals surface area contributed by atoms with E-state index in [2.05, 4.69) is 15.3 Å². The standard InChI is InChI=1S/C16H11Cl2F3N4O/c1-9-4-5-25(24-9)13-6-10(17)2-3-12(13)15(16(19,20)21)26-11-7-14(18)23-22-8-11/h2-8,15H,1H3. The first kappa shape index (κ1) is 18.5. The molecule has 2 heterocycles. The zero-order valence-corrected chi connectivity index (χ0v) is 14.7. The number of rotatable bonds is 4. The van der Waals surface area contributed by atoms with E-state index in [9.17, 15) is 13.2 Å². The van der Waals surface area contributed by atoms with Crippen LogP contribution in [0, 0.1) is 6.92 Å². The summed E-state index contributed by atoms with van der Waals surface area (Å²) in [5, 5.41) is 11.3. The highest BCUT2D eigenvalue weighted by Crippen LogP contribution is 2.40. The lowest BCUT2D eigenvalue weighted by Gasteiger charge is -2.24. The van der Waals surface area contributed by atoms with Crippen LogP contribution in [0.25, 0.3) is 5.69 Å². The maximum atomic E-state index is 13.7. The molecule has 0 spiro atoms. The van der Waals surface area contributed by atoms with Crippen LogP contribution in [-0.2, 0) is 0 Å². The van der Waals surface area contributed by atoms with Crippen molar-refractivity contribution < 1.29 is 17.9 Å². The Morgan fingerprint density at radius 2 is 1.92 bits per heavy atom. The van der Waals surface area contributed by atoms with Crippen molar-refractivity contribution in [3.63, 3.8) is 0 Å². The Bertz CT molecular complexity index is 930. The second-order valence-corrected chi connectivity index (χ2v) is 6.18. The lowest BCUT2D eigenvalue weighted by atomic mass is 10.1. The molecule has 0 saturated carbocycles. The number of halogens is 5. The molecule has 26 heavy (non-hydrogen) atoms. The average molecular weight is 403 g/mol. The second kappa shape index (κ2) is 7.13. The molecule has 0 fully saturated rings. The summed E-state index contributed by atoms with van der Waals surface area (Å²) < 4.78 is 47.7. The Hall–Kier alpha value is -2.32. The van der Waals surface area contributed by atoms with Crippen LogP contribution in [0.1, 0.15) is 17.4 Å². The van der Waals surface area contributed by atoms with Gasteiger partial charge in [0.25, 0.3) is 0 Å². The molecule has 0 aliphatic carbocycles. The zero-order valence-electron chi connectivity index (χ0n) is 13.2. The van der Waals surface area contributed by atoms with Crippen LogP contribution in [0.3, 0.4) is 0 Å². The first-order chi connectivity index (χ1) is 12.2. The van der Waals surface area contributed by atoms with Crippen molar-refractivity contribution in [3.05, 3.63) is 64.2 Å². The van der Waals surface area contributed by atoms with E-state index in [0.29, 0.717) is 5.69 Å². The number of aryl methyl sites for hydroxylation is 1. The fraction of sp³-hybridized carbons (Fsp3) is 0.188. The van der Waals surface area contributed by atoms with Crippen LogP contribution in [-0.4, -0.2) is 26.2 Å². The Morgan fingerprint density at radius 3 is 2.54 bits per heavy atom. The summed E-state index contributed by atoms with van der Waals surface area (Å²) in [6, 6.07) is 6.82. The molecule has 10 heteroatoms. The van der Waals surface area contributed by atoms with Crippen LogP contribution >= 0.6 is 23.2 Å². The van der Waals surface area contributed by atoms with Crippen LogP contribution in [0.15, 0.2) is 42.7 Å². The van der Waals surface area contributed by atoms with Gasteiger partial charge in [-0.3, -0.25) is 0 Å². The number of hydrogen-bond acceptors (Lipinski definition) is 4. The third kappa shape index (κ3) is 4.08. The smallest absolute Gasteiger partial charge is 0.429 e.